The number of nitrogens with one attached hydrogen (secondary N) is 1. The fourth-order valence-electron chi connectivity index (χ4n) is 1.97. The zero-order valence-corrected chi connectivity index (χ0v) is 12.8. The zero-order valence-electron chi connectivity index (χ0n) is 12.0. The smallest absolute Gasteiger partial charge is 0.100 e. The van der Waals surface area contributed by atoms with Gasteiger partial charge in [0.1, 0.15) is 6.07 Å². The number of hydrogen-bond acceptors (Lipinski definition) is 3. The van der Waals surface area contributed by atoms with Gasteiger partial charge in [-0.05, 0) is 61.9 Å². The number of rotatable bonds is 4. The first-order valence-electron chi connectivity index (χ1n) is 6.57. The Bertz CT molecular complexity index is 657. The molecule has 0 amide bonds. The van der Waals surface area contributed by atoms with Gasteiger partial charge in [0.15, 0.2) is 0 Å². The van der Waals surface area contributed by atoms with Gasteiger partial charge >= 0.3 is 0 Å². The molecule has 2 nitrogen and oxygen atoms in total. The van der Waals surface area contributed by atoms with Crippen LogP contribution >= 0.6 is 11.8 Å². The lowest BCUT2D eigenvalue weighted by atomic mass is 10.1. The molecule has 0 fully saturated rings. The molecular weight excluding hydrogens is 264 g/mol. The quantitative estimate of drug-likeness (QED) is 0.919. The molecular formula is C17H18N2S. The Morgan fingerprint density at radius 1 is 1.10 bits per heavy atom. The minimum absolute atomic E-state index is 0.737. The monoisotopic (exact) mass is 282 g/mol. The van der Waals surface area contributed by atoms with Crippen molar-refractivity contribution < 1.29 is 0 Å². The van der Waals surface area contributed by atoms with Crippen LogP contribution in [-0.2, 0) is 6.54 Å². The SMILES string of the molecule is CNCc1ccc(Sc2ccc(C)c(C)c2)c(C#N)c1. The maximum Gasteiger partial charge on any atom is 0.100 e. The summed E-state index contributed by atoms with van der Waals surface area (Å²) in [5.74, 6) is 0. The lowest BCUT2D eigenvalue weighted by molar-refractivity contribution is 0.816. The van der Waals surface area contributed by atoms with Gasteiger partial charge in [0.25, 0.3) is 0 Å². The average molecular weight is 282 g/mol. The fourth-order valence-corrected chi connectivity index (χ4v) is 2.95. The van der Waals surface area contributed by atoms with Crippen LogP contribution in [0.5, 0.6) is 0 Å². The number of benzene rings is 2. The van der Waals surface area contributed by atoms with Crippen LogP contribution in [0.15, 0.2) is 46.2 Å². The van der Waals surface area contributed by atoms with Gasteiger partial charge in [-0.1, -0.05) is 23.9 Å². The van der Waals surface area contributed by atoms with Crippen LogP contribution < -0.4 is 5.32 Å². The summed E-state index contributed by atoms with van der Waals surface area (Å²) in [5.41, 5.74) is 4.44. The number of hydrogen-bond donors (Lipinski definition) is 1. The van der Waals surface area contributed by atoms with Crippen molar-refractivity contribution in [3.63, 3.8) is 0 Å². The summed E-state index contributed by atoms with van der Waals surface area (Å²) in [6, 6.07) is 14.8. The molecule has 2 rings (SSSR count). The van der Waals surface area contributed by atoms with E-state index in [1.165, 1.54) is 16.0 Å². The minimum atomic E-state index is 0.737. The maximum atomic E-state index is 9.30. The summed E-state index contributed by atoms with van der Waals surface area (Å²) in [7, 11) is 1.91. The molecule has 0 aliphatic rings. The highest BCUT2D eigenvalue weighted by Gasteiger charge is 2.06. The first-order valence-corrected chi connectivity index (χ1v) is 7.38. The van der Waals surface area contributed by atoms with E-state index in [0.717, 1.165) is 22.6 Å². The first kappa shape index (κ1) is 14.6. The van der Waals surface area contributed by atoms with E-state index in [4.69, 9.17) is 0 Å². The van der Waals surface area contributed by atoms with E-state index in [-0.39, 0.29) is 0 Å². The Labute approximate surface area is 124 Å². The number of nitrogens with zero attached hydrogens (tertiary/aromatic N) is 1. The van der Waals surface area contributed by atoms with Crippen molar-refractivity contribution in [3.8, 4) is 6.07 Å². The molecule has 1 N–H and O–H groups in total. The van der Waals surface area contributed by atoms with Crippen molar-refractivity contribution in [2.24, 2.45) is 0 Å². The van der Waals surface area contributed by atoms with Crippen LogP contribution in [0.2, 0.25) is 0 Å². The topological polar surface area (TPSA) is 35.8 Å². The van der Waals surface area contributed by atoms with Gasteiger partial charge in [-0.2, -0.15) is 5.26 Å². The molecule has 0 heterocycles. The van der Waals surface area contributed by atoms with E-state index in [1.54, 1.807) is 11.8 Å². The first-order chi connectivity index (χ1) is 9.63. The molecule has 3 heteroatoms. The molecule has 20 heavy (non-hydrogen) atoms. The van der Waals surface area contributed by atoms with Crippen molar-refractivity contribution in [3.05, 3.63) is 58.7 Å². The third-order valence-corrected chi connectivity index (χ3v) is 4.32. The summed E-state index contributed by atoms with van der Waals surface area (Å²) in [6.07, 6.45) is 0. The molecule has 0 aliphatic heterocycles. The molecule has 102 valence electrons. The summed E-state index contributed by atoms with van der Waals surface area (Å²) in [4.78, 5) is 2.18. The number of aryl methyl sites for hydroxylation is 2. The second-order valence-corrected chi connectivity index (χ2v) is 5.94. The van der Waals surface area contributed by atoms with Gasteiger partial charge < -0.3 is 5.32 Å². The molecule has 2 aromatic carbocycles. The summed E-state index contributed by atoms with van der Waals surface area (Å²) >= 11 is 1.65. The molecule has 0 bridgehead atoms. The van der Waals surface area contributed by atoms with Gasteiger partial charge in [0.2, 0.25) is 0 Å². The van der Waals surface area contributed by atoms with E-state index >= 15 is 0 Å². The van der Waals surface area contributed by atoms with Gasteiger partial charge in [-0.3, -0.25) is 0 Å². The van der Waals surface area contributed by atoms with Crippen molar-refractivity contribution >= 4 is 11.8 Å². The van der Waals surface area contributed by atoms with E-state index in [2.05, 4.69) is 49.5 Å². The van der Waals surface area contributed by atoms with Crippen molar-refractivity contribution in [1.82, 2.24) is 5.32 Å². The van der Waals surface area contributed by atoms with Crippen LogP contribution in [0.3, 0.4) is 0 Å². The van der Waals surface area contributed by atoms with Crippen molar-refractivity contribution in [1.29, 1.82) is 5.26 Å². The Morgan fingerprint density at radius 2 is 1.90 bits per heavy atom. The Balaban J connectivity index is 2.28. The van der Waals surface area contributed by atoms with E-state index in [9.17, 15) is 5.26 Å². The van der Waals surface area contributed by atoms with E-state index < -0.39 is 0 Å². The number of nitriles is 1. The Kier molecular flexibility index (Phi) is 4.84. The lowest BCUT2D eigenvalue weighted by Crippen LogP contribution is -2.05. The predicted molar refractivity (Wildman–Crippen MR) is 84.0 cm³/mol. The molecule has 0 spiro atoms. The predicted octanol–water partition coefficient (Wildman–Crippen LogP) is 4.05. The van der Waals surface area contributed by atoms with E-state index in [1.807, 2.05) is 19.2 Å². The average Bonchev–Trinajstić information content (AvgIpc) is 2.45. The molecule has 0 radical (unpaired) electrons. The maximum absolute atomic E-state index is 9.30. The summed E-state index contributed by atoms with van der Waals surface area (Å²) < 4.78 is 0. The van der Waals surface area contributed by atoms with Crippen molar-refractivity contribution in [2.75, 3.05) is 7.05 Å². The second-order valence-electron chi connectivity index (χ2n) is 4.82. The molecule has 0 aliphatic carbocycles. The Morgan fingerprint density at radius 3 is 2.55 bits per heavy atom. The largest absolute Gasteiger partial charge is 0.316 e. The highest BCUT2D eigenvalue weighted by molar-refractivity contribution is 7.99. The standard InChI is InChI=1S/C17H18N2S/c1-12-4-6-16(8-13(12)2)20-17-7-5-14(11-19-3)9-15(17)10-18/h4-9,19H,11H2,1-3H3. The van der Waals surface area contributed by atoms with Crippen LogP contribution in [0.25, 0.3) is 0 Å². The lowest BCUT2D eigenvalue weighted by Gasteiger charge is -2.08. The summed E-state index contributed by atoms with van der Waals surface area (Å²) in [6.45, 7) is 5.00. The zero-order chi connectivity index (χ0) is 14.5. The van der Waals surface area contributed by atoms with Crippen LogP contribution in [0.1, 0.15) is 22.3 Å². The van der Waals surface area contributed by atoms with Gasteiger partial charge in [0, 0.05) is 16.3 Å². The highest BCUT2D eigenvalue weighted by atomic mass is 32.2. The molecule has 0 atom stereocenters. The third-order valence-electron chi connectivity index (χ3n) is 3.25. The van der Waals surface area contributed by atoms with Crippen LogP contribution in [0, 0.1) is 25.2 Å². The second kappa shape index (κ2) is 6.60. The Hall–Kier alpha value is -1.76. The molecule has 0 saturated heterocycles. The van der Waals surface area contributed by atoms with Gasteiger partial charge in [-0.25, -0.2) is 0 Å². The molecule has 0 aromatic heterocycles. The van der Waals surface area contributed by atoms with Gasteiger partial charge in [0.05, 0.1) is 5.56 Å². The molecule has 2 aromatic rings. The summed E-state index contributed by atoms with van der Waals surface area (Å²) in [5, 5.41) is 12.4. The van der Waals surface area contributed by atoms with Crippen molar-refractivity contribution in [2.45, 2.75) is 30.2 Å². The minimum Gasteiger partial charge on any atom is -0.316 e. The van der Waals surface area contributed by atoms with Gasteiger partial charge in [-0.15, -0.1) is 0 Å². The fraction of sp³-hybridized carbons (Fsp3) is 0.235. The van der Waals surface area contributed by atoms with Crippen LogP contribution in [-0.4, -0.2) is 7.05 Å². The highest BCUT2D eigenvalue weighted by Crippen LogP contribution is 2.31. The van der Waals surface area contributed by atoms with E-state index in [0.29, 0.717) is 0 Å². The molecule has 0 unspecified atom stereocenters. The normalized spacial score (nSPS) is 10.3. The third kappa shape index (κ3) is 3.41. The molecule has 0 saturated carbocycles. The van der Waals surface area contributed by atoms with Crippen LogP contribution in [0.4, 0.5) is 0 Å².